The van der Waals surface area contributed by atoms with Gasteiger partial charge in [0.1, 0.15) is 12.0 Å². The van der Waals surface area contributed by atoms with Crippen molar-refractivity contribution >= 4 is 29.9 Å². The molecule has 2 rings (SSSR count). The molecular weight excluding hydrogens is 393 g/mol. The first kappa shape index (κ1) is 19.2. The fraction of sp³-hybridized carbons (Fsp3) is 0.733. The van der Waals surface area contributed by atoms with Crippen LogP contribution in [0.3, 0.4) is 0 Å². The molecule has 2 heterocycles. The first-order valence-electron chi connectivity index (χ1n) is 7.90. The van der Waals surface area contributed by atoms with Crippen molar-refractivity contribution in [2.24, 2.45) is 4.99 Å². The molecule has 0 saturated carbocycles. The van der Waals surface area contributed by atoms with Gasteiger partial charge in [0.15, 0.2) is 5.96 Å². The third-order valence-corrected chi connectivity index (χ3v) is 3.91. The maximum atomic E-state index is 4.82. The number of hydrogen-bond acceptors (Lipinski definition) is 4. The van der Waals surface area contributed by atoms with E-state index < -0.39 is 0 Å². The second kappa shape index (κ2) is 10.8. The molecule has 0 atom stereocenters. The van der Waals surface area contributed by atoms with Crippen molar-refractivity contribution in [3.05, 3.63) is 18.0 Å². The highest BCUT2D eigenvalue weighted by molar-refractivity contribution is 14.0. The Morgan fingerprint density at radius 1 is 1.45 bits per heavy atom. The maximum Gasteiger partial charge on any atom is 0.191 e. The summed E-state index contributed by atoms with van der Waals surface area (Å²) in [6, 6.07) is 2.36. The maximum absolute atomic E-state index is 4.82. The Bertz CT molecular complexity index is 416. The molecule has 0 aromatic carbocycles. The molecule has 1 aromatic heterocycles. The van der Waals surface area contributed by atoms with Crippen LogP contribution in [0, 0.1) is 0 Å². The number of unbranched alkanes of at least 4 members (excludes halogenated alkanes) is 1. The third kappa shape index (κ3) is 6.51. The zero-order chi connectivity index (χ0) is 14.9. The van der Waals surface area contributed by atoms with Crippen LogP contribution in [-0.4, -0.2) is 48.7 Å². The van der Waals surface area contributed by atoms with E-state index in [0.29, 0.717) is 12.6 Å². The minimum atomic E-state index is 0. The summed E-state index contributed by atoms with van der Waals surface area (Å²) in [4.78, 5) is 6.84. The Labute approximate surface area is 150 Å². The molecule has 2 N–H and O–H groups in total. The highest BCUT2D eigenvalue weighted by atomic mass is 127. The van der Waals surface area contributed by atoms with Gasteiger partial charge in [-0.1, -0.05) is 18.5 Å². The number of halogens is 1. The average Bonchev–Trinajstić information content (AvgIpc) is 3.04. The second-order valence-electron chi connectivity index (χ2n) is 5.53. The van der Waals surface area contributed by atoms with E-state index in [1.807, 2.05) is 6.07 Å². The molecule has 1 aliphatic rings. The standard InChI is InChI=1S/C15H27N5O.HI/c1-3-4-8-20-9-5-13(6-10-20)18-15(16-2)17-12-14-7-11-21-19-14;/h7,11,13H,3-6,8-10,12H2,1-2H3,(H2,16,17,18);1H. The van der Waals surface area contributed by atoms with E-state index in [-0.39, 0.29) is 24.0 Å². The highest BCUT2D eigenvalue weighted by Gasteiger charge is 2.19. The minimum Gasteiger partial charge on any atom is -0.364 e. The van der Waals surface area contributed by atoms with Crippen molar-refractivity contribution in [3.8, 4) is 0 Å². The lowest BCUT2D eigenvalue weighted by Crippen LogP contribution is -2.48. The summed E-state index contributed by atoms with van der Waals surface area (Å²) in [5.41, 5.74) is 0.882. The van der Waals surface area contributed by atoms with Crippen molar-refractivity contribution in [3.63, 3.8) is 0 Å². The molecule has 1 saturated heterocycles. The molecule has 0 radical (unpaired) electrons. The minimum absolute atomic E-state index is 0. The van der Waals surface area contributed by atoms with E-state index in [2.05, 4.69) is 32.6 Å². The Kier molecular flexibility index (Phi) is 9.45. The molecule has 6 nitrogen and oxygen atoms in total. The largest absolute Gasteiger partial charge is 0.364 e. The Morgan fingerprint density at radius 2 is 2.23 bits per heavy atom. The van der Waals surface area contributed by atoms with Gasteiger partial charge < -0.3 is 20.1 Å². The molecule has 0 unspecified atom stereocenters. The van der Waals surface area contributed by atoms with Crippen LogP contribution >= 0.6 is 24.0 Å². The van der Waals surface area contributed by atoms with Crippen LogP contribution in [0.5, 0.6) is 0 Å². The fourth-order valence-electron chi connectivity index (χ4n) is 2.57. The lowest BCUT2D eigenvalue weighted by atomic mass is 10.0. The number of likely N-dealkylation sites (tertiary alicyclic amines) is 1. The molecule has 7 heteroatoms. The summed E-state index contributed by atoms with van der Waals surface area (Å²) in [5.74, 6) is 0.838. The van der Waals surface area contributed by atoms with Gasteiger partial charge in [-0.3, -0.25) is 4.99 Å². The van der Waals surface area contributed by atoms with E-state index in [9.17, 15) is 0 Å². The number of rotatable bonds is 6. The molecule has 0 spiro atoms. The number of hydrogen-bond donors (Lipinski definition) is 2. The van der Waals surface area contributed by atoms with E-state index in [4.69, 9.17) is 4.52 Å². The predicted octanol–water partition coefficient (Wildman–Crippen LogP) is 2.22. The van der Waals surface area contributed by atoms with E-state index in [1.54, 1.807) is 13.3 Å². The van der Waals surface area contributed by atoms with Gasteiger partial charge in [0.05, 0.1) is 6.54 Å². The number of nitrogens with zero attached hydrogens (tertiary/aromatic N) is 3. The summed E-state index contributed by atoms with van der Waals surface area (Å²) in [5, 5.41) is 10.6. The quantitative estimate of drug-likeness (QED) is 0.419. The van der Waals surface area contributed by atoms with Crippen LogP contribution in [0.25, 0.3) is 0 Å². The highest BCUT2D eigenvalue weighted by Crippen LogP contribution is 2.11. The molecule has 0 amide bonds. The molecular formula is C15H28IN5O. The van der Waals surface area contributed by atoms with E-state index >= 15 is 0 Å². The van der Waals surface area contributed by atoms with Gasteiger partial charge in [-0.15, -0.1) is 24.0 Å². The normalized spacial score (nSPS) is 17.1. The van der Waals surface area contributed by atoms with Crippen LogP contribution < -0.4 is 10.6 Å². The Hall–Kier alpha value is -0.830. The summed E-state index contributed by atoms with van der Waals surface area (Å²) >= 11 is 0. The van der Waals surface area contributed by atoms with Gasteiger partial charge in [-0.05, 0) is 25.8 Å². The molecule has 1 aromatic rings. The lowest BCUT2D eigenvalue weighted by molar-refractivity contribution is 0.203. The van der Waals surface area contributed by atoms with Crippen LogP contribution in [0.2, 0.25) is 0 Å². The number of piperidine rings is 1. The number of aromatic nitrogens is 1. The third-order valence-electron chi connectivity index (χ3n) is 3.91. The number of aliphatic imine (C=N–C) groups is 1. The van der Waals surface area contributed by atoms with Crippen molar-refractivity contribution in [1.29, 1.82) is 0 Å². The Morgan fingerprint density at radius 3 is 2.82 bits per heavy atom. The van der Waals surface area contributed by atoms with E-state index in [0.717, 1.165) is 11.7 Å². The zero-order valence-corrected chi connectivity index (χ0v) is 15.9. The van der Waals surface area contributed by atoms with Gasteiger partial charge in [-0.2, -0.15) is 0 Å². The van der Waals surface area contributed by atoms with Crippen LogP contribution in [0.1, 0.15) is 38.3 Å². The van der Waals surface area contributed by atoms with Gasteiger partial charge in [0, 0.05) is 32.2 Å². The zero-order valence-electron chi connectivity index (χ0n) is 13.5. The smallest absolute Gasteiger partial charge is 0.191 e. The fourth-order valence-corrected chi connectivity index (χ4v) is 2.57. The predicted molar refractivity (Wildman–Crippen MR) is 99.6 cm³/mol. The SMILES string of the molecule is CCCCN1CCC(NC(=NC)NCc2ccon2)CC1.I. The van der Waals surface area contributed by atoms with Crippen LogP contribution in [0.15, 0.2) is 21.8 Å². The number of nitrogens with one attached hydrogen (secondary N) is 2. The Balaban J connectivity index is 0.00000242. The van der Waals surface area contributed by atoms with Gasteiger partial charge in [0.2, 0.25) is 0 Å². The second-order valence-corrected chi connectivity index (χ2v) is 5.53. The van der Waals surface area contributed by atoms with Crippen molar-refractivity contribution in [2.75, 3.05) is 26.7 Å². The van der Waals surface area contributed by atoms with Crippen molar-refractivity contribution in [2.45, 2.75) is 45.2 Å². The molecule has 1 aliphatic heterocycles. The summed E-state index contributed by atoms with van der Waals surface area (Å²) < 4.78 is 4.82. The molecule has 22 heavy (non-hydrogen) atoms. The van der Waals surface area contributed by atoms with Crippen LogP contribution in [-0.2, 0) is 6.54 Å². The van der Waals surface area contributed by atoms with Crippen molar-refractivity contribution in [1.82, 2.24) is 20.7 Å². The first-order valence-corrected chi connectivity index (χ1v) is 7.90. The summed E-state index contributed by atoms with van der Waals surface area (Å²) in [6.45, 7) is 6.47. The van der Waals surface area contributed by atoms with Crippen molar-refractivity contribution < 1.29 is 4.52 Å². The first-order chi connectivity index (χ1) is 10.3. The van der Waals surface area contributed by atoms with Gasteiger partial charge in [0.25, 0.3) is 0 Å². The summed E-state index contributed by atoms with van der Waals surface area (Å²) in [7, 11) is 1.80. The molecule has 0 bridgehead atoms. The molecule has 0 aliphatic carbocycles. The van der Waals surface area contributed by atoms with Crippen LogP contribution in [0.4, 0.5) is 0 Å². The molecule has 1 fully saturated rings. The van der Waals surface area contributed by atoms with Gasteiger partial charge in [-0.25, -0.2) is 0 Å². The summed E-state index contributed by atoms with van der Waals surface area (Å²) in [6.07, 6.45) is 6.51. The average molecular weight is 421 g/mol. The topological polar surface area (TPSA) is 65.7 Å². The molecule has 126 valence electrons. The van der Waals surface area contributed by atoms with E-state index in [1.165, 1.54) is 45.3 Å². The number of guanidine groups is 1. The monoisotopic (exact) mass is 421 g/mol. The van der Waals surface area contributed by atoms with Gasteiger partial charge >= 0.3 is 0 Å². The lowest BCUT2D eigenvalue weighted by Gasteiger charge is -2.33.